The second-order valence-electron chi connectivity index (χ2n) is 5.32. The summed E-state index contributed by atoms with van der Waals surface area (Å²) < 4.78 is 22.7. The van der Waals surface area contributed by atoms with Crippen LogP contribution >= 0.6 is 12.4 Å². The van der Waals surface area contributed by atoms with E-state index in [9.17, 15) is 13.2 Å². The van der Waals surface area contributed by atoms with E-state index in [1.54, 1.807) is 11.8 Å². The van der Waals surface area contributed by atoms with Crippen molar-refractivity contribution in [1.82, 2.24) is 4.90 Å². The quantitative estimate of drug-likeness (QED) is 0.763. The molecule has 0 radical (unpaired) electrons. The highest BCUT2D eigenvalue weighted by Crippen LogP contribution is 2.14. The number of para-hydroxylation sites is 1. The van der Waals surface area contributed by atoms with Crippen LogP contribution in [0.3, 0.4) is 0 Å². The Morgan fingerprint density at radius 3 is 2.41 bits per heavy atom. The average molecular weight is 349 g/mol. The lowest BCUT2D eigenvalue weighted by atomic mass is 10.1. The number of sulfone groups is 1. The molecule has 1 atom stereocenters. The lowest BCUT2D eigenvalue weighted by Crippen LogP contribution is -2.42. The molecule has 5 nitrogen and oxygen atoms in total. The number of carbonyl (C=O) groups excluding carboxylic acids is 1. The maximum Gasteiger partial charge on any atom is 0.223 e. The monoisotopic (exact) mass is 348 g/mol. The molecule has 1 unspecified atom stereocenters. The van der Waals surface area contributed by atoms with Crippen LogP contribution in [0.2, 0.25) is 0 Å². The Morgan fingerprint density at radius 2 is 1.91 bits per heavy atom. The number of amides is 1. The number of rotatable bonds is 7. The zero-order valence-electron chi connectivity index (χ0n) is 13.3. The van der Waals surface area contributed by atoms with Crippen molar-refractivity contribution in [1.29, 1.82) is 0 Å². The Bertz CT molecular complexity index is 590. The SMILES string of the molecule is CCN(C(=O)CCc1ccccc1N)C(C)CS(C)(=O)=O.Cl. The zero-order valence-corrected chi connectivity index (χ0v) is 14.9. The largest absolute Gasteiger partial charge is 0.399 e. The van der Waals surface area contributed by atoms with E-state index in [1.807, 2.05) is 31.2 Å². The molecule has 1 aromatic rings. The van der Waals surface area contributed by atoms with Crippen molar-refractivity contribution in [3.8, 4) is 0 Å². The number of halogens is 1. The number of nitrogens with two attached hydrogens (primary N) is 1. The number of aryl methyl sites for hydroxylation is 1. The predicted molar refractivity (Wildman–Crippen MR) is 93.0 cm³/mol. The molecule has 0 aliphatic carbocycles. The molecule has 0 aromatic heterocycles. The van der Waals surface area contributed by atoms with Gasteiger partial charge in [-0.05, 0) is 31.9 Å². The van der Waals surface area contributed by atoms with Gasteiger partial charge in [-0.25, -0.2) is 8.42 Å². The van der Waals surface area contributed by atoms with Gasteiger partial charge in [0, 0.05) is 31.0 Å². The Labute approximate surface area is 139 Å². The van der Waals surface area contributed by atoms with E-state index in [0.717, 1.165) is 5.56 Å². The Hall–Kier alpha value is -1.27. The van der Waals surface area contributed by atoms with E-state index in [2.05, 4.69) is 0 Å². The van der Waals surface area contributed by atoms with Crippen LogP contribution in [0, 0.1) is 0 Å². The molecule has 126 valence electrons. The average Bonchev–Trinajstić information content (AvgIpc) is 2.36. The smallest absolute Gasteiger partial charge is 0.223 e. The van der Waals surface area contributed by atoms with Crippen molar-refractivity contribution in [3.63, 3.8) is 0 Å². The molecule has 0 saturated carbocycles. The van der Waals surface area contributed by atoms with Gasteiger partial charge in [0.05, 0.1) is 5.75 Å². The lowest BCUT2D eigenvalue weighted by Gasteiger charge is -2.27. The Morgan fingerprint density at radius 1 is 1.32 bits per heavy atom. The second kappa shape index (κ2) is 9.00. The minimum Gasteiger partial charge on any atom is -0.399 e. The first-order valence-electron chi connectivity index (χ1n) is 7.05. The van der Waals surface area contributed by atoms with Crippen LogP contribution in [0.1, 0.15) is 25.8 Å². The van der Waals surface area contributed by atoms with E-state index in [-0.39, 0.29) is 30.1 Å². The number of carbonyl (C=O) groups is 1. The molecule has 0 bridgehead atoms. The molecule has 0 fully saturated rings. The van der Waals surface area contributed by atoms with Crippen molar-refractivity contribution in [2.75, 3.05) is 24.3 Å². The fourth-order valence-corrected chi connectivity index (χ4v) is 3.47. The number of nitrogen functional groups attached to an aromatic ring is 1. The minimum absolute atomic E-state index is 0. The van der Waals surface area contributed by atoms with Crippen LogP contribution in [0.4, 0.5) is 5.69 Å². The van der Waals surface area contributed by atoms with E-state index >= 15 is 0 Å². The van der Waals surface area contributed by atoms with Crippen LogP contribution in [0.5, 0.6) is 0 Å². The van der Waals surface area contributed by atoms with Crippen LogP contribution in [0.15, 0.2) is 24.3 Å². The standard InChI is InChI=1S/C15H24N2O3S.ClH/c1-4-17(12(2)11-21(3,19)20)15(18)10-9-13-7-5-6-8-14(13)16;/h5-8,12H,4,9-11,16H2,1-3H3;1H. The minimum atomic E-state index is -3.10. The number of hydrogen-bond donors (Lipinski definition) is 1. The summed E-state index contributed by atoms with van der Waals surface area (Å²) in [6.07, 6.45) is 2.08. The van der Waals surface area contributed by atoms with Crippen molar-refractivity contribution in [2.45, 2.75) is 32.7 Å². The summed E-state index contributed by atoms with van der Waals surface area (Å²) in [6.45, 7) is 4.12. The van der Waals surface area contributed by atoms with Crippen LogP contribution < -0.4 is 5.73 Å². The first-order chi connectivity index (χ1) is 9.74. The van der Waals surface area contributed by atoms with Crippen LogP contribution in [-0.2, 0) is 21.1 Å². The normalized spacial score (nSPS) is 12.3. The number of hydrogen-bond acceptors (Lipinski definition) is 4. The van der Waals surface area contributed by atoms with Gasteiger partial charge in [-0.15, -0.1) is 12.4 Å². The molecule has 0 aliphatic rings. The van der Waals surface area contributed by atoms with Gasteiger partial charge in [0.15, 0.2) is 0 Å². The van der Waals surface area contributed by atoms with E-state index in [1.165, 1.54) is 6.26 Å². The second-order valence-corrected chi connectivity index (χ2v) is 7.50. The van der Waals surface area contributed by atoms with Gasteiger partial charge in [-0.1, -0.05) is 18.2 Å². The number of benzene rings is 1. The molecular formula is C15H25ClN2O3S. The summed E-state index contributed by atoms with van der Waals surface area (Å²) in [4.78, 5) is 13.9. The van der Waals surface area contributed by atoms with Crippen molar-refractivity contribution >= 4 is 33.8 Å². The van der Waals surface area contributed by atoms with Gasteiger partial charge in [-0.2, -0.15) is 0 Å². The number of anilines is 1. The molecule has 1 amide bonds. The van der Waals surface area contributed by atoms with Gasteiger partial charge in [0.2, 0.25) is 5.91 Å². The molecule has 1 aromatic carbocycles. The summed E-state index contributed by atoms with van der Waals surface area (Å²) in [5, 5.41) is 0. The van der Waals surface area contributed by atoms with Crippen molar-refractivity contribution < 1.29 is 13.2 Å². The van der Waals surface area contributed by atoms with Gasteiger partial charge >= 0.3 is 0 Å². The number of nitrogens with zero attached hydrogens (tertiary/aromatic N) is 1. The Balaban J connectivity index is 0.00000441. The molecule has 22 heavy (non-hydrogen) atoms. The highest BCUT2D eigenvalue weighted by molar-refractivity contribution is 7.90. The summed E-state index contributed by atoms with van der Waals surface area (Å²) in [7, 11) is -3.10. The summed E-state index contributed by atoms with van der Waals surface area (Å²) >= 11 is 0. The molecule has 0 saturated heterocycles. The first-order valence-corrected chi connectivity index (χ1v) is 9.11. The highest BCUT2D eigenvalue weighted by Gasteiger charge is 2.21. The van der Waals surface area contributed by atoms with Crippen molar-refractivity contribution in [2.24, 2.45) is 0 Å². The molecule has 7 heteroatoms. The summed E-state index contributed by atoms with van der Waals surface area (Å²) in [6, 6.07) is 7.14. The predicted octanol–water partition coefficient (Wildman–Crippen LogP) is 1.90. The van der Waals surface area contributed by atoms with Crippen LogP contribution in [0.25, 0.3) is 0 Å². The maximum atomic E-state index is 12.3. The van der Waals surface area contributed by atoms with E-state index in [0.29, 0.717) is 25.1 Å². The summed E-state index contributed by atoms with van der Waals surface area (Å²) in [5.41, 5.74) is 7.47. The highest BCUT2D eigenvalue weighted by atomic mass is 35.5. The zero-order chi connectivity index (χ0) is 16.0. The van der Waals surface area contributed by atoms with Gasteiger partial charge in [-0.3, -0.25) is 4.79 Å². The van der Waals surface area contributed by atoms with E-state index in [4.69, 9.17) is 5.73 Å². The molecule has 0 spiro atoms. The molecule has 2 N–H and O–H groups in total. The van der Waals surface area contributed by atoms with Gasteiger partial charge < -0.3 is 10.6 Å². The van der Waals surface area contributed by atoms with Crippen LogP contribution in [-0.4, -0.2) is 43.8 Å². The maximum absolute atomic E-state index is 12.3. The lowest BCUT2D eigenvalue weighted by molar-refractivity contribution is -0.132. The fourth-order valence-electron chi connectivity index (χ4n) is 2.41. The van der Waals surface area contributed by atoms with E-state index < -0.39 is 9.84 Å². The third kappa shape index (κ3) is 6.66. The first kappa shape index (κ1) is 20.7. The molecule has 0 heterocycles. The Kier molecular flexibility index (Phi) is 8.48. The molecule has 0 aliphatic heterocycles. The fraction of sp³-hybridized carbons (Fsp3) is 0.533. The topological polar surface area (TPSA) is 80.5 Å². The van der Waals surface area contributed by atoms with Gasteiger partial charge in [0.1, 0.15) is 9.84 Å². The third-order valence-electron chi connectivity index (χ3n) is 3.40. The molecular weight excluding hydrogens is 324 g/mol. The van der Waals surface area contributed by atoms with Gasteiger partial charge in [0.25, 0.3) is 0 Å². The van der Waals surface area contributed by atoms with Crippen molar-refractivity contribution in [3.05, 3.63) is 29.8 Å². The summed E-state index contributed by atoms with van der Waals surface area (Å²) in [5.74, 6) is -0.0584. The molecule has 1 rings (SSSR count). The third-order valence-corrected chi connectivity index (χ3v) is 4.49.